The predicted octanol–water partition coefficient (Wildman–Crippen LogP) is 4.08. The molecule has 1 saturated carbocycles. The molecule has 1 aromatic carbocycles. The lowest BCUT2D eigenvalue weighted by molar-refractivity contribution is 0.00792. The van der Waals surface area contributed by atoms with Crippen LogP contribution in [0.1, 0.15) is 47.3 Å². The number of rotatable bonds is 8. The highest BCUT2D eigenvalue weighted by atomic mass is 32.1. The fourth-order valence-electron chi connectivity index (χ4n) is 4.79. The lowest BCUT2D eigenvalue weighted by atomic mass is 9.73. The second-order valence-electron chi connectivity index (χ2n) is 9.10. The van der Waals surface area contributed by atoms with Gasteiger partial charge in [0.2, 0.25) is 0 Å². The van der Waals surface area contributed by atoms with E-state index in [0.717, 1.165) is 50.6 Å². The fraction of sp³-hybridized carbons (Fsp3) is 0.520. The van der Waals surface area contributed by atoms with Crippen LogP contribution in [0.15, 0.2) is 41.8 Å². The van der Waals surface area contributed by atoms with E-state index in [1.54, 1.807) is 35.6 Å². The Balaban J connectivity index is 1.30. The first-order chi connectivity index (χ1) is 16.1. The molecule has 1 aliphatic heterocycles. The van der Waals surface area contributed by atoms with E-state index in [9.17, 15) is 9.59 Å². The number of amides is 3. The molecule has 1 aliphatic carbocycles. The van der Waals surface area contributed by atoms with E-state index in [2.05, 4.69) is 20.9 Å². The number of morpholine rings is 1. The van der Waals surface area contributed by atoms with Crippen molar-refractivity contribution in [3.63, 3.8) is 0 Å². The Bertz CT molecular complexity index is 906. The number of thiophene rings is 1. The molecule has 0 radical (unpaired) electrons. The zero-order chi connectivity index (χ0) is 22.9. The summed E-state index contributed by atoms with van der Waals surface area (Å²) in [5.41, 5.74) is 1.26. The molecule has 2 aliphatic rings. The number of ether oxygens (including phenoxy) is 1. The Labute approximate surface area is 199 Å². The molecule has 3 amide bonds. The summed E-state index contributed by atoms with van der Waals surface area (Å²) in [4.78, 5) is 28.8. The van der Waals surface area contributed by atoms with Crippen LogP contribution in [0.4, 0.5) is 10.5 Å². The van der Waals surface area contributed by atoms with Gasteiger partial charge in [-0.05, 0) is 42.5 Å². The Morgan fingerprint density at radius 1 is 1.03 bits per heavy atom. The third kappa shape index (κ3) is 7.03. The maximum Gasteiger partial charge on any atom is 0.319 e. The van der Waals surface area contributed by atoms with Crippen molar-refractivity contribution in [1.29, 1.82) is 0 Å². The van der Waals surface area contributed by atoms with Crippen LogP contribution >= 0.6 is 11.3 Å². The van der Waals surface area contributed by atoms with Gasteiger partial charge in [0.05, 0.1) is 19.8 Å². The van der Waals surface area contributed by atoms with Crippen LogP contribution in [-0.4, -0.2) is 56.2 Å². The molecular formula is C25H34N4O3S. The van der Waals surface area contributed by atoms with Gasteiger partial charge in [0.25, 0.3) is 5.91 Å². The van der Waals surface area contributed by atoms with Gasteiger partial charge < -0.3 is 20.7 Å². The largest absolute Gasteiger partial charge is 0.379 e. The fourth-order valence-corrected chi connectivity index (χ4v) is 5.43. The third-order valence-electron chi connectivity index (χ3n) is 6.59. The van der Waals surface area contributed by atoms with Crippen molar-refractivity contribution in [1.82, 2.24) is 15.5 Å². The Kier molecular flexibility index (Phi) is 8.36. The number of hydrogen-bond donors (Lipinski definition) is 3. The highest BCUT2D eigenvalue weighted by Crippen LogP contribution is 2.36. The molecule has 3 N–H and O–H groups in total. The first-order valence-corrected chi connectivity index (χ1v) is 12.8. The van der Waals surface area contributed by atoms with Crippen LogP contribution in [0.25, 0.3) is 0 Å². The van der Waals surface area contributed by atoms with Crippen LogP contribution in [0.5, 0.6) is 0 Å². The highest BCUT2D eigenvalue weighted by Gasteiger charge is 2.34. The van der Waals surface area contributed by atoms with Crippen molar-refractivity contribution in [3.05, 3.63) is 52.2 Å². The molecule has 2 aromatic rings. The maximum atomic E-state index is 12.7. The van der Waals surface area contributed by atoms with Gasteiger partial charge in [-0.15, -0.1) is 11.3 Å². The van der Waals surface area contributed by atoms with Gasteiger partial charge in [-0.25, -0.2) is 4.79 Å². The summed E-state index contributed by atoms with van der Waals surface area (Å²) in [5.74, 6) is -0.154. The minimum Gasteiger partial charge on any atom is -0.379 e. The first-order valence-electron chi connectivity index (χ1n) is 11.9. The molecule has 4 rings (SSSR count). The molecule has 178 valence electrons. The number of urea groups is 1. The molecule has 1 saturated heterocycles. The summed E-state index contributed by atoms with van der Waals surface area (Å²) in [6.07, 6.45) is 6.00. The van der Waals surface area contributed by atoms with E-state index in [-0.39, 0.29) is 17.4 Å². The van der Waals surface area contributed by atoms with Crippen LogP contribution in [0.2, 0.25) is 0 Å². The molecular weight excluding hydrogens is 436 g/mol. The summed E-state index contributed by atoms with van der Waals surface area (Å²) in [6, 6.07) is 10.8. The lowest BCUT2D eigenvalue weighted by Gasteiger charge is -2.42. The smallest absolute Gasteiger partial charge is 0.319 e. The molecule has 8 heteroatoms. The standard InChI is InChI=1S/C25H34N4O3S/c30-23(26-17-22-8-5-15-33-22)20-6-4-7-21(16-20)28-24(31)27-18-25(9-2-1-3-10-25)19-29-11-13-32-14-12-29/h4-8,15-16H,1-3,9-14,17-19H2,(H,26,30)(H2,27,28,31). The minimum atomic E-state index is -0.224. The third-order valence-corrected chi connectivity index (χ3v) is 7.46. The van der Waals surface area contributed by atoms with Crippen molar-refractivity contribution >= 4 is 29.0 Å². The zero-order valence-corrected chi connectivity index (χ0v) is 19.9. The van der Waals surface area contributed by atoms with Gasteiger partial charge >= 0.3 is 6.03 Å². The number of anilines is 1. The van der Waals surface area contributed by atoms with Gasteiger partial charge in [0.1, 0.15) is 0 Å². The van der Waals surface area contributed by atoms with Crippen molar-refractivity contribution < 1.29 is 14.3 Å². The summed E-state index contributed by atoms with van der Waals surface area (Å²) in [7, 11) is 0. The quantitative estimate of drug-likeness (QED) is 0.543. The van der Waals surface area contributed by atoms with Crippen molar-refractivity contribution in [2.45, 2.75) is 38.6 Å². The molecule has 0 unspecified atom stereocenters. The van der Waals surface area contributed by atoms with E-state index in [4.69, 9.17) is 4.74 Å². The van der Waals surface area contributed by atoms with E-state index >= 15 is 0 Å². The van der Waals surface area contributed by atoms with Crippen LogP contribution in [-0.2, 0) is 11.3 Å². The van der Waals surface area contributed by atoms with Crippen molar-refractivity contribution in [2.24, 2.45) is 5.41 Å². The van der Waals surface area contributed by atoms with Crippen molar-refractivity contribution in [2.75, 3.05) is 44.7 Å². The second kappa shape index (κ2) is 11.6. The SMILES string of the molecule is O=C(NCC1(CN2CCOCC2)CCCCC1)Nc1cccc(C(=O)NCc2cccs2)c1. The van der Waals surface area contributed by atoms with E-state index < -0.39 is 0 Å². The normalized spacial score (nSPS) is 18.4. The van der Waals surface area contributed by atoms with Gasteiger partial charge in [0, 0.05) is 47.7 Å². The summed E-state index contributed by atoms with van der Waals surface area (Å²) >= 11 is 1.61. The molecule has 2 heterocycles. The van der Waals surface area contributed by atoms with Gasteiger partial charge in [-0.1, -0.05) is 31.4 Å². The highest BCUT2D eigenvalue weighted by molar-refractivity contribution is 7.09. The van der Waals surface area contributed by atoms with E-state index in [1.165, 1.54) is 19.3 Å². The van der Waals surface area contributed by atoms with E-state index in [0.29, 0.717) is 24.3 Å². The Hall–Kier alpha value is -2.42. The molecule has 2 fully saturated rings. The van der Waals surface area contributed by atoms with Crippen LogP contribution in [0.3, 0.4) is 0 Å². The van der Waals surface area contributed by atoms with E-state index in [1.807, 2.05) is 17.5 Å². The molecule has 7 nitrogen and oxygen atoms in total. The monoisotopic (exact) mass is 470 g/mol. The maximum absolute atomic E-state index is 12.7. The molecule has 0 bridgehead atoms. The summed E-state index contributed by atoms with van der Waals surface area (Å²) in [6.45, 7) is 5.70. The number of carbonyl (C=O) groups excluding carboxylic acids is 2. The Morgan fingerprint density at radius 2 is 1.85 bits per heavy atom. The number of carbonyl (C=O) groups is 2. The number of benzene rings is 1. The first kappa shape index (κ1) is 23.7. The average molecular weight is 471 g/mol. The molecule has 0 spiro atoms. The molecule has 0 atom stereocenters. The number of nitrogens with zero attached hydrogens (tertiary/aromatic N) is 1. The molecule has 33 heavy (non-hydrogen) atoms. The zero-order valence-electron chi connectivity index (χ0n) is 19.1. The average Bonchev–Trinajstić information content (AvgIpc) is 3.37. The second-order valence-corrected chi connectivity index (χ2v) is 10.1. The lowest BCUT2D eigenvalue weighted by Crippen LogP contribution is -2.50. The van der Waals surface area contributed by atoms with Gasteiger partial charge in [-0.2, -0.15) is 0 Å². The van der Waals surface area contributed by atoms with Crippen molar-refractivity contribution in [3.8, 4) is 0 Å². The summed E-state index contributed by atoms with van der Waals surface area (Å²) in [5, 5.41) is 10.9. The van der Waals surface area contributed by atoms with Crippen LogP contribution < -0.4 is 16.0 Å². The predicted molar refractivity (Wildman–Crippen MR) is 132 cm³/mol. The molecule has 1 aromatic heterocycles. The van der Waals surface area contributed by atoms with Crippen LogP contribution in [0, 0.1) is 5.41 Å². The van der Waals surface area contributed by atoms with Gasteiger partial charge in [0.15, 0.2) is 0 Å². The number of hydrogen-bond acceptors (Lipinski definition) is 5. The topological polar surface area (TPSA) is 82.7 Å². The van der Waals surface area contributed by atoms with Gasteiger partial charge in [-0.3, -0.25) is 9.69 Å². The number of nitrogens with one attached hydrogen (secondary N) is 3. The summed E-state index contributed by atoms with van der Waals surface area (Å²) < 4.78 is 5.50. The Morgan fingerprint density at radius 3 is 2.61 bits per heavy atom. The minimum absolute atomic E-state index is 0.121.